The van der Waals surface area contributed by atoms with Crippen LogP contribution in [0.1, 0.15) is 368 Å². The molecule has 0 aromatic heterocycles. The molecule has 13 aliphatic rings. The van der Waals surface area contributed by atoms with Gasteiger partial charge in [-0.25, -0.2) is 0 Å². The monoisotopic (exact) mass is 1970 g/mol. The summed E-state index contributed by atoms with van der Waals surface area (Å²) in [5, 5.41) is 0. The van der Waals surface area contributed by atoms with Gasteiger partial charge in [-0.3, -0.25) is 9.59 Å². The quantitative estimate of drug-likeness (QED) is 0.0312. The lowest BCUT2D eigenvalue weighted by Crippen LogP contribution is -2.65. The molecule has 11 aliphatic heterocycles. The molecule has 13 fully saturated rings. The Morgan fingerprint density at radius 3 is 1.36 bits per heavy atom. The number of halogens is 9. The Bertz CT molecular complexity index is 3690. The molecule has 22 unspecified atom stereocenters. The summed E-state index contributed by atoms with van der Waals surface area (Å²) in [7, 11) is 4.95. The lowest BCUT2D eigenvalue weighted by molar-refractivity contribution is -0.392. The second-order valence-electron chi connectivity index (χ2n) is 45.5. The third kappa shape index (κ3) is 31.1. The SMILES string of the molecule is CC#CCC1OC(C(C)C)C1(C)C.CC(=O)OCC1(C)C(C)OC1CC1CCCCO1.CC(C)C(=O)OCC1OC(C(F)(F)F)C1(C)C.CC1OC(C(F)(F)F)C12CCCCC2.CC1OC(C2CCCCC2)C1(C)C.CCC1(CC)C(C)OC1OCc1ccccc1.CCC1OC(C(C)C)C1(C)C.CCCCCC1OC(C(F)(F)F)C1(C)C.COC1(OC)C(C)OC1C.COC1OC(C)C1(C)C. The lowest BCUT2D eigenvalue weighted by atomic mass is 9.63. The van der Waals surface area contributed by atoms with Crippen molar-refractivity contribution < 1.29 is 130 Å². The van der Waals surface area contributed by atoms with E-state index in [9.17, 15) is 49.1 Å². The van der Waals surface area contributed by atoms with Crippen LogP contribution in [0.25, 0.3) is 0 Å². The molecule has 19 nitrogen and oxygen atoms in total. The summed E-state index contributed by atoms with van der Waals surface area (Å²) in [4.78, 5) is 22.1. The van der Waals surface area contributed by atoms with E-state index in [0.717, 1.165) is 96.0 Å². The fraction of sp³-hybridized carbons (Fsp3) is 0.908. The highest BCUT2D eigenvalue weighted by molar-refractivity contribution is 5.71. The van der Waals surface area contributed by atoms with Crippen molar-refractivity contribution in [3.63, 3.8) is 0 Å². The molecule has 28 heteroatoms. The summed E-state index contributed by atoms with van der Waals surface area (Å²) in [6.45, 7) is 66.8. The molecule has 0 bridgehead atoms. The number of carbonyl (C=O) groups excluding carboxylic acids is 2. The Kier molecular flexibility index (Phi) is 47.7. The maximum Gasteiger partial charge on any atom is 0.415 e. The number of ether oxygens (including phenoxy) is 17. The van der Waals surface area contributed by atoms with Gasteiger partial charge in [0, 0.05) is 91.0 Å². The molecular formula is C109H187F9O19. The van der Waals surface area contributed by atoms with Gasteiger partial charge in [-0.2, -0.15) is 39.5 Å². The first-order valence-electron chi connectivity index (χ1n) is 51.8. The van der Waals surface area contributed by atoms with Crippen molar-refractivity contribution in [3.8, 4) is 11.8 Å². The van der Waals surface area contributed by atoms with Gasteiger partial charge in [0.05, 0.1) is 97.3 Å². The molecule has 22 atom stereocenters. The first kappa shape index (κ1) is 124. The number of carbonyl (C=O) groups is 2. The summed E-state index contributed by atoms with van der Waals surface area (Å²) in [6, 6.07) is 10.3. The second kappa shape index (κ2) is 52.7. The average Bonchev–Trinajstić information content (AvgIpc) is 0.746. The Morgan fingerprint density at radius 2 is 0.993 bits per heavy atom. The van der Waals surface area contributed by atoms with Crippen molar-refractivity contribution in [1.82, 2.24) is 0 Å². The molecule has 1 spiro atoms. The van der Waals surface area contributed by atoms with E-state index in [1.165, 1.54) is 71.3 Å². The van der Waals surface area contributed by atoms with Crippen LogP contribution in [-0.4, -0.2) is 206 Å². The van der Waals surface area contributed by atoms with E-state index in [4.69, 9.17) is 80.5 Å². The Hall–Kier alpha value is -3.51. The van der Waals surface area contributed by atoms with Gasteiger partial charge in [0.1, 0.15) is 31.5 Å². The number of benzene rings is 1. The maximum atomic E-state index is 12.6. The van der Waals surface area contributed by atoms with Crippen LogP contribution in [0.3, 0.4) is 0 Å². The Morgan fingerprint density at radius 1 is 0.489 bits per heavy atom. The number of hydrogen-bond acceptors (Lipinski definition) is 19. The number of hydrogen-bond donors (Lipinski definition) is 0. The molecule has 2 aliphatic carbocycles. The molecule has 137 heavy (non-hydrogen) atoms. The highest BCUT2D eigenvalue weighted by Crippen LogP contribution is 2.58. The van der Waals surface area contributed by atoms with Gasteiger partial charge < -0.3 is 80.5 Å². The first-order valence-corrected chi connectivity index (χ1v) is 51.8. The molecule has 14 rings (SSSR count). The minimum absolute atomic E-state index is 0.00694. The van der Waals surface area contributed by atoms with E-state index in [0.29, 0.717) is 109 Å². The van der Waals surface area contributed by atoms with Crippen LogP contribution in [0.15, 0.2) is 30.3 Å². The molecule has 11 saturated heterocycles. The highest BCUT2D eigenvalue weighted by atomic mass is 19.4. The van der Waals surface area contributed by atoms with Crippen LogP contribution in [0.4, 0.5) is 39.5 Å². The molecule has 0 amide bonds. The van der Waals surface area contributed by atoms with Crippen LogP contribution < -0.4 is 0 Å². The van der Waals surface area contributed by atoms with Gasteiger partial charge in [-0.1, -0.05) is 247 Å². The van der Waals surface area contributed by atoms with E-state index in [-0.39, 0.29) is 83.9 Å². The summed E-state index contributed by atoms with van der Waals surface area (Å²) >= 11 is 0. The molecule has 1 aromatic rings. The van der Waals surface area contributed by atoms with Crippen molar-refractivity contribution in [3.05, 3.63) is 35.9 Å². The number of esters is 2. The summed E-state index contributed by atoms with van der Waals surface area (Å²) in [6.07, 6.45) is 9.23. The van der Waals surface area contributed by atoms with Gasteiger partial charge >= 0.3 is 30.5 Å². The van der Waals surface area contributed by atoms with E-state index in [2.05, 4.69) is 162 Å². The number of alkyl halides is 9. The van der Waals surface area contributed by atoms with Crippen molar-refractivity contribution in [1.29, 1.82) is 0 Å². The fourth-order valence-corrected chi connectivity index (χ4v) is 22.0. The van der Waals surface area contributed by atoms with Gasteiger partial charge in [0.2, 0.25) is 5.79 Å². The van der Waals surface area contributed by atoms with Gasteiger partial charge in [0.15, 0.2) is 30.9 Å². The molecule has 0 radical (unpaired) electrons. The predicted molar refractivity (Wildman–Crippen MR) is 518 cm³/mol. The lowest BCUT2D eigenvalue weighted by Gasteiger charge is -2.56. The first-order chi connectivity index (χ1) is 63.4. The Labute approximate surface area is 821 Å². The van der Waals surface area contributed by atoms with Crippen molar-refractivity contribution in [2.75, 3.05) is 41.2 Å². The van der Waals surface area contributed by atoms with E-state index < -0.39 is 70.9 Å². The van der Waals surface area contributed by atoms with Crippen molar-refractivity contribution in [2.45, 2.75) is 522 Å². The van der Waals surface area contributed by atoms with Gasteiger partial charge in [0.25, 0.3) is 0 Å². The topological polar surface area (TPSA) is 191 Å². The van der Waals surface area contributed by atoms with Crippen molar-refractivity contribution in [2.24, 2.45) is 72.4 Å². The highest BCUT2D eigenvalue weighted by Gasteiger charge is 2.67. The minimum atomic E-state index is -4.37. The molecule has 1 aromatic carbocycles. The normalized spacial score (nSPS) is 33.9. The van der Waals surface area contributed by atoms with Gasteiger partial charge in [-0.15, -0.1) is 11.8 Å². The third-order valence-corrected chi connectivity index (χ3v) is 32.8. The van der Waals surface area contributed by atoms with E-state index in [1.807, 2.05) is 45.9 Å². The van der Waals surface area contributed by atoms with E-state index >= 15 is 0 Å². The molecule has 2 saturated carbocycles. The largest absolute Gasteiger partial charge is 0.465 e. The number of rotatable bonds is 24. The second-order valence-corrected chi connectivity index (χ2v) is 45.5. The van der Waals surface area contributed by atoms with Crippen LogP contribution >= 0.6 is 0 Å². The predicted octanol–water partition coefficient (Wildman–Crippen LogP) is 27.1. The smallest absolute Gasteiger partial charge is 0.415 e. The van der Waals surface area contributed by atoms with Crippen LogP contribution in [0.2, 0.25) is 0 Å². The molecular weight excluding hydrogens is 1780 g/mol. The summed E-state index contributed by atoms with van der Waals surface area (Å²) in [5.74, 6) is 6.70. The van der Waals surface area contributed by atoms with Crippen molar-refractivity contribution >= 4 is 11.9 Å². The zero-order valence-corrected chi connectivity index (χ0v) is 90.9. The number of methoxy groups -OCH3 is 3. The zero-order chi connectivity index (χ0) is 104. The fourth-order valence-electron chi connectivity index (χ4n) is 22.0. The third-order valence-electron chi connectivity index (χ3n) is 32.8. The van der Waals surface area contributed by atoms with Crippen LogP contribution in [0.5, 0.6) is 0 Å². The molecule has 11 heterocycles. The minimum Gasteiger partial charge on any atom is -0.465 e. The molecule has 800 valence electrons. The molecule has 0 N–H and O–H groups in total. The average molecular weight is 1970 g/mol. The Balaban J connectivity index is 0.000000270. The zero-order valence-electron chi connectivity index (χ0n) is 90.9. The number of unbranched alkanes of at least 4 members (excludes halogenated alkanes) is 2. The summed E-state index contributed by atoms with van der Waals surface area (Å²) in [5.41, 5.74) is 0.300. The summed E-state index contributed by atoms with van der Waals surface area (Å²) < 4.78 is 204. The van der Waals surface area contributed by atoms with Gasteiger partial charge in [-0.05, 0) is 149 Å². The standard InChI is InChI=1S/C15H22O2.C14H24O4.C12H22O.C12H20O.C11H17F3O3.C11H19F3O.C10H15F3O.C10H20O.C7H14O3.C7H14O2/c1-4-15(5-2)12(3)17-14(15)16-11-13-9-7-6-8-10-13;1-10-14(3,9-17-11(2)15)13(18-10)8-12-6-4-5-7-16-12;1-9-12(2,3)11(13-9)10-7-5-4-6-8-10;1-6-7-8-10-12(4,5)11(13-10)9(2)3;1-6(2)8(15)16-5-7-10(3,4)9(17-7)11(12,13)14;1-4-5-6-7-8-10(2,3)9(15-8)11(12,13)14;1-7-9(5-3-2-4-6-9)8(14-7)10(11,12)13;1-6-8-10(4,5)9(11-8)7(2)3;1-5-7(8-3,9-4)6(2)10-5;1-5-7(2,3)6(8-4)9-5/h6-10,12,14H,4-5,11H2,1-3H3;10,12-13H,4-9H2,1-3H3;9-11H,4-8H2,1-3H3;9-11H,8H2,1-5H3;6-7,9H,5H2,1-4H3;8-9H,4-7H2,1-3H3;7-8H,2-6H2,1H3;7-9H,6H2,1-5H3;5-6H,1-4H3;5-6H,1-4H3. The van der Waals surface area contributed by atoms with E-state index in [1.54, 1.807) is 55.9 Å². The van der Waals surface area contributed by atoms with Crippen LogP contribution in [0, 0.1) is 84.2 Å². The maximum absolute atomic E-state index is 12.6. The van der Waals surface area contributed by atoms with Crippen LogP contribution in [-0.2, 0) is 96.7 Å².